The number of hydrogen-bond donors (Lipinski definition) is 1. The number of halogens is 2. The molecule has 1 amide bonds. The molecule has 0 unspecified atom stereocenters. The van der Waals surface area contributed by atoms with E-state index in [1.165, 1.54) is 0 Å². The number of nitrogens with zero attached hydrogens (tertiary/aromatic N) is 3. The Bertz CT molecular complexity index is 686. The van der Waals surface area contributed by atoms with Gasteiger partial charge in [0, 0.05) is 32.3 Å². The van der Waals surface area contributed by atoms with Gasteiger partial charge in [-0.2, -0.15) is 8.78 Å². The highest BCUT2D eigenvalue weighted by Gasteiger charge is 2.24. The van der Waals surface area contributed by atoms with Crippen LogP contribution >= 0.6 is 0 Å². The van der Waals surface area contributed by atoms with E-state index in [0.717, 1.165) is 12.1 Å². The van der Waals surface area contributed by atoms with Crippen molar-refractivity contribution in [2.45, 2.75) is 20.5 Å². The number of likely N-dealkylation sites (N-methyl/N-ethyl adjacent to an activating group) is 2. The average Bonchev–Trinajstić information content (AvgIpc) is 2.58. The molecule has 0 spiro atoms. The zero-order valence-electron chi connectivity index (χ0n) is 16.6. The third-order valence-corrected chi connectivity index (χ3v) is 3.57. The number of nitro groups is 1. The molecule has 1 N–H and O–H groups in total. The van der Waals surface area contributed by atoms with Crippen molar-refractivity contribution in [2.75, 3.05) is 51.1 Å². The first-order valence-electron chi connectivity index (χ1n) is 8.58. The number of ether oxygens (including phenoxy) is 2. The molecule has 1 aromatic carbocycles. The lowest BCUT2D eigenvalue weighted by atomic mass is 10.2. The molecule has 1 rings (SSSR count). The molecule has 9 nitrogen and oxygen atoms in total. The first-order valence-corrected chi connectivity index (χ1v) is 8.58. The molecule has 0 aromatic heterocycles. The summed E-state index contributed by atoms with van der Waals surface area (Å²) in [5.74, 6) is -0.335. The van der Waals surface area contributed by atoms with Crippen LogP contribution < -0.4 is 15.0 Å². The van der Waals surface area contributed by atoms with E-state index in [1.807, 2.05) is 32.8 Å². The molecule has 0 radical (unpaired) electrons. The summed E-state index contributed by atoms with van der Waals surface area (Å²) >= 11 is 0. The summed E-state index contributed by atoms with van der Waals surface area (Å²) in [6.07, 6.45) is -0.921. The van der Waals surface area contributed by atoms with Crippen molar-refractivity contribution in [2.24, 2.45) is 5.92 Å². The summed E-state index contributed by atoms with van der Waals surface area (Å²) in [5, 5.41) is 13.7. The van der Waals surface area contributed by atoms with Crippen LogP contribution in [0.25, 0.3) is 0 Å². The molecule has 28 heavy (non-hydrogen) atoms. The molecule has 0 aliphatic heterocycles. The lowest BCUT2D eigenvalue weighted by molar-refractivity contribution is -0.384. The van der Waals surface area contributed by atoms with E-state index in [1.54, 1.807) is 11.9 Å². The number of hydrogen-bond acceptors (Lipinski definition) is 7. The highest BCUT2D eigenvalue weighted by molar-refractivity contribution is 5.89. The first kappa shape index (κ1) is 23.3. The predicted octanol–water partition coefficient (Wildman–Crippen LogP) is 3.40. The lowest BCUT2D eigenvalue weighted by Crippen LogP contribution is -2.29. The maximum Gasteiger partial charge on any atom is 0.411 e. The fourth-order valence-corrected chi connectivity index (χ4v) is 2.16. The van der Waals surface area contributed by atoms with Crippen LogP contribution in [0, 0.1) is 16.0 Å². The molecule has 158 valence electrons. The molecule has 0 saturated heterocycles. The zero-order valence-corrected chi connectivity index (χ0v) is 16.6. The van der Waals surface area contributed by atoms with Crippen LogP contribution in [0.2, 0.25) is 0 Å². The van der Waals surface area contributed by atoms with Gasteiger partial charge in [-0.25, -0.2) is 4.79 Å². The van der Waals surface area contributed by atoms with Gasteiger partial charge in [0.2, 0.25) is 0 Å². The third kappa shape index (κ3) is 7.51. The first-order chi connectivity index (χ1) is 13.0. The van der Waals surface area contributed by atoms with Crippen molar-refractivity contribution in [1.29, 1.82) is 0 Å². The van der Waals surface area contributed by atoms with Gasteiger partial charge >= 0.3 is 12.7 Å². The van der Waals surface area contributed by atoms with Crippen LogP contribution in [0.5, 0.6) is 5.75 Å². The molecule has 0 aliphatic carbocycles. The van der Waals surface area contributed by atoms with Crippen molar-refractivity contribution in [3.8, 4) is 5.75 Å². The number of amides is 1. The smallest absolute Gasteiger partial charge is 0.411 e. The highest BCUT2D eigenvalue weighted by Crippen LogP contribution is 2.38. The maximum absolute atomic E-state index is 12.8. The second-order valence-electron chi connectivity index (χ2n) is 6.81. The van der Waals surface area contributed by atoms with Crippen LogP contribution in [0.15, 0.2) is 12.1 Å². The minimum atomic E-state index is -3.17. The fourth-order valence-electron chi connectivity index (χ4n) is 2.16. The normalized spacial score (nSPS) is 11.1. The van der Waals surface area contributed by atoms with Crippen LogP contribution in [0.1, 0.15) is 13.8 Å². The molecule has 0 aliphatic rings. The monoisotopic (exact) mass is 404 g/mol. The minimum absolute atomic E-state index is 0.0598. The number of nitrogens with one attached hydrogen (secondary N) is 1. The second kappa shape index (κ2) is 10.6. The molecule has 1 aromatic rings. The quantitative estimate of drug-likeness (QED) is 0.471. The Morgan fingerprint density at radius 1 is 1.25 bits per heavy atom. The van der Waals surface area contributed by atoms with Gasteiger partial charge in [-0.05, 0) is 20.0 Å². The van der Waals surface area contributed by atoms with Gasteiger partial charge in [-0.15, -0.1) is 0 Å². The number of carbonyl (C=O) groups is 1. The number of anilines is 2. The summed E-state index contributed by atoms with van der Waals surface area (Å²) < 4.78 is 35.0. The highest BCUT2D eigenvalue weighted by atomic mass is 19.3. The molecule has 0 saturated carbocycles. The molecule has 0 fully saturated rings. The summed E-state index contributed by atoms with van der Waals surface area (Å²) in [6, 6.07) is 2.09. The van der Waals surface area contributed by atoms with Crippen LogP contribution in [0.3, 0.4) is 0 Å². The van der Waals surface area contributed by atoms with Crippen LogP contribution in [-0.4, -0.2) is 63.4 Å². The van der Waals surface area contributed by atoms with Gasteiger partial charge < -0.3 is 19.3 Å². The number of carbonyl (C=O) groups excluding carboxylic acids is 1. The number of rotatable bonds is 10. The molecular weight excluding hydrogens is 378 g/mol. The molecule has 0 bridgehead atoms. The standard InChI is InChI=1S/C17H26F2N4O5/c1-11(2)10-27-17(24)20-12-8-14(23(25)26)13(9-15(12)28-16(18)19)22(5)7-6-21(3)4/h8-9,11,16H,6-7,10H2,1-5H3,(H,20,24). The lowest BCUT2D eigenvalue weighted by Gasteiger charge is -2.23. The number of benzene rings is 1. The van der Waals surface area contributed by atoms with Gasteiger partial charge in [0.15, 0.2) is 5.75 Å². The number of alkyl halides is 2. The van der Waals surface area contributed by atoms with E-state index in [4.69, 9.17) is 4.74 Å². The number of nitro benzene ring substituents is 1. The van der Waals surface area contributed by atoms with Gasteiger partial charge in [-0.1, -0.05) is 13.8 Å². The van der Waals surface area contributed by atoms with E-state index in [2.05, 4.69) is 10.1 Å². The summed E-state index contributed by atoms with van der Waals surface area (Å²) in [5.41, 5.74) is -0.545. The van der Waals surface area contributed by atoms with Crippen LogP contribution in [-0.2, 0) is 4.74 Å². The Morgan fingerprint density at radius 3 is 2.39 bits per heavy atom. The SMILES string of the molecule is CC(C)COC(=O)Nc1cc([N+](=O)[O-])c(N(C)CCN(C)C)cc1OC(F)F. The van der Waals surface area contributed by atoms with E-state index in [-0.39, 0.29) is 29.6 Å². The van der Waals surface area contributed by atoms with Gasteiger partial charge in [-0.3, -0.25) is 15.4 Å². The summed E-state index contributed by atoms with van der Waals surface area (Å²) in [4.78, 5) is 26.1. The Morgan fingerprint density at radius 2 is 1.89 bits per heavy atom. The van der Waals surface area contributed by atoms with Gasteiger partial charge in [0.05, 0.1) is 17.2 Å². The Kier molecular flexibility index (Phi) is 8.83. The largest absolute Gasteiger partial charge is 0.449 e. The van der Waals surface area contributed by atoms with E-state index >= 15 is 0 Å². The molecular formula is C17H26F2N4O5. The van der Waals surface area contributed by atoms with Crippen molar-refractivity contribution in [1.82, 2.24) is 4.90 Å². The predicted molar refractivity (Wildman–Crippen MR) is 101 cm³/mol. The topological polar surface area (TPSA) is 97.2 Å². The average molecular weight is 404 g/mol. The van der Waals surface area contributed by atoms with Gasteiger partial charge in [0.1, 0.15) is 5.69 Å². The fraction of sp³-hybridized carbons (Fsp3) is 0.588. The summed E-state index contributed by atoms with van der Waals surface area (Å²) in [7, 11) is 5.27. The van der Waals surface area contributed by atoms with E-state index < -0.39 is 23.4 Å². The minimum Gasteiger partial charge on any atom is -0.449 e. The molecule has 11 heteroatoms. The maximum atomic E-state index is 12.8. The van der Waals surface area contributed by atoms with Crippen molar-refractivity contribution in [3.63, 3.8) is 0 Å². The van der Waals surface area contributed by atoms with E-state index in [9.17, 15) is 23.7 Å². The van der Waals surface area contributed by atoms with E-state index in [0.29, 0.717) is 13.1 Å². The van der Waals surface area contributed by atoms with Crippen molar-refractivity contribution in [3.05, 3.63) is 22.2 Å². The Labute approximate surface area is 162 Å². The third-order valence-electron chi connectivity index (χ3n) is 3.57. The Balaban J connectivity index is 3.25. The van der Waals surface area contributed by atoms with Crippen molar-refractivity contribution >= 4 is 23.2 Å². The molecule has 0 atom stereocenters. The van der Waals surface area contributed by atoms with Crippen molar-refractivity contribution < 1.29 is 28.0 Å². The van der Waals surface area contributed by atoms with Gasteiger partial charge in [0.25, 0.3) is 5.69 Å². The van der Waals surface area contributed by atoms with Crippen LogP contribution in [0.4, 0.5) is 30.6 Å². The second-order valence-corrected chi connectivity index (χ2v) is 6.81. The summed E-state index contributed by atoms with van der Waals surface area (Å²) in [6.45, 7) is 1.56. The Hall–Kier alpha value is -2.69. The molecule has 0 heterocycles. The zero-order chi connectivity index (χ0) is 21.4.